The van der Waals surface area contributed by atoms with Crippen LogP contribution >= 0.6 is 0 Å². The van der Waals surface area contributed by atoms with Crippen molar-refractivity contribution in [1.82, 2.24) is 20.9 Å². The zero-order valence-electron chi connectivity index (χ0n) is 19.3. The molecule has 0 unspecified atom stereocenters. The Morgan fingerprint density at radius 2 is 1.84 bits per heavy atom. The minimum atomic E-state index is -0.857. The molecule has 1 fully saturated rings. The first-order valence-corrected chi connectivity index (χ1v) is 11.4. The molecule has 0 radical (unpaired) electrons. The van der Waals surface area contributed by atoms with Crippen LogP contribution in [0.5, 0.6) is 0 Å². The maximum atomic E-state index is 13.3. The molecular weight excluding hydrogens is 408 g/mol. The average molecular weight is 443 g/mol. The van der Waals surface area contributed by atoms with Crippen LogP contribution in [0.1, 0.15) is 57.2 Å². The van der Waals surface area contributed by atoms with Gasteiger partial charge in [0, 0.05) is 6.42 Å². The van der Waals surface area contributed by atoms with Gasteiger partial charge >= 0.3 is 0 Å². The van der Waals surface area contributed by atoms with E-state index < -0.39 is 24.0 Å². The van der Waals surface area contributed by atoms with Gasteiger partial charge in [-0.15, -0.1) is 0 Å². The van der Waals surface area contributed by atoms with E-state index in [1.807, 2.05) is 32.0 Å². The summed E-state index contributed by atoms with van der Waals surface area (Å²) in [6.45, 7) is 5.26. The van der Waals surface area contributed by atoms with Crippen LogP contribution in [0, 0.1) is 5.92 Å². The fraction of sp³-hybridized carbons (Fsp3) is 0.583. The van der Waals surface area contributed by atoms with Crippen molar-refractivity contribution in [2.45, 2.75) is 70.6 Å². The number of Topliss-reactive ketones (excluding diaryl/α,β-unsaturated/α-hetero) is 1. The van der Waals surface area contributed by atoms with E-state index in [4.69, 9.17) is 0 Å². The van der Waals surface area contributed by atoms with E-state index in [9.17, 15) is 19.2 Å². The van der Waals surface area contributed by atoms with Crippen molar-refractivity contribution >= 4 is 23.5 Å². The van der Waals surface area contributed by atoms with Gasteiger partial charge in [-0.05, 0) is 50.3 Å². The van der Waals surface area contributed by atoms with E-state index in [1.54, 1.807) is 14.0 Å². The number of carbonyl (C=O) groups excluding carboxylic acids is 4. The fourth-order valence-corrected chi connectivity index (χ4v) is 4.43. The minimum absolute atomic E-state index is 0.00236. The van der Waals surface area contributed by atoms with Crippen LogP contribution in [0.3, 0.4) is 0 Å². The molecule has 1 aliphatic heterocycles. The van der Waals surface area contributed by atoms with Crippen LogP contribution in [0.4, 0.5) is 0 Å². The van der Waals surface area contributed by atoms with E-state index in [0.29, 0.717) is 0 Å². The van der Waals surface area contributed by atoms with E-state index >= 15 is 0 Å². The highest BCUT2D eigenvalue weighted by atomic mass is 16.2. The third-order valence-electron chi connectivity index (χ3n) is 6.47. The van der Waals surface area contributed by atoms with Crippen molar-refractivity contribution < 1.29 is 19.2 Å². The first-order chi connectivity index (χ1) is 15.2. The predicted octanol–water partition coefficient (Wildman–Crippen LogP) is 1.10. The SMILES string of the molecule is CN[C@@H](C)C(=O)N[C@H](C(=O)N1CC(=O)C[C@H]1C(=O)N[C@H]1CCCc2ccccc21)C(C)C. The Balaban J connectivity index is 1.75. The number of hydrogen-bond donors (Lipinski definition) is 3. The van der Waals surface area contributed by atoms with E-state index in [1.165, 1.54) is 10.5 Å². The number of benzene rings is 1. The summed E-state index contributed by atoms with van der Waals surface area (Å²) in [5.41, 5.74) is 2.32. The number of ketones is 1. The molecule has 174 valence electrons. The largest absolute Gasteiger partial charge is 0.347 e. The summed E-state index contributed by atoms with van der Waals surface area (Å²) < 4.78 is 0. The number of hydrogen-bond acceptors (Lipinski definition) is 5. The Morgan fingerprint density at radius 1 is 1.12 bits per heavy atom. The Hall–Kier alpha value is -2.74. The third kappa shape index (κ3) is 5.18. The molecule has 0 spiro atoms. The highest BCUT2D eigenvalue weighted by Crippen LogP contribution is 2.30. The molecule has 1 heterocycles. The third-order valence-corrected chi connectivity index (χ3v) is 6.47. The fourth-order valence-electron chi connectivity index (χ4n) is 4.43. The molecular formula is C24H34N4O4. The van der Waals surface area contributed by atoms with Crippen LogP contribution in [-0.4, -0.2) is 60.1 Å². The van der Waals surface area contributed by atoms with Crippen molar-refractivity contribution in [1.29, 1.82) is 0 Å². The summed E-state index contributed by atoms with van der Waals surface area (Å²) in [5.74, 6) is -1.36. The standard InChI is InChI=1S/C24H34N4O4/c1-14(2)21(27-22(30)15(3)25-4)24(32)28-13-17(29)12-20(28)23(31)26-19-11-7-9-16-8-5-6-10-18(16)19/h5-6,8,10,14-15,19-21,25H,7,9,11-13H2,1-4H3,(H,26,31)(H,27,30)/t15-,19-,20-,21-/m0/s1. The van der Waals surface area contributed by atoms with Gasteiger partial charge in [0.15, 0.2) is 5.78 Å². The van der Waals surface area contributed by atoms with Gasteiger partial charge in [0.2, 0.25) is 17.7 Å². The number of carbonyl (C=O) groups is 4. The van der Waals surface area contributed by atoms with Crippen LogP contribution in [0.15, 0.2) is 24.3 Å². The van der Waals surface area contributed by atoms with Crippen LogP contribution in [-0.2, 0) is 25.6 Å². The number of likely N-dealkylation sites (N-methyl/N-ethyl adjacent to an activating group) is 1. The minimum Gasteiger partial charge on any atom is -0.347 e. The van der Waals surface area contributed by atoms with Gasteiger partial charge in [-0.1, -0.05) is 38.1 Å². The first-order valence-electron chi connectivity index (χ1n) is 11.4. The molecule has 1 aromatic rings. The number of likely N-dealkylation sites (tertiary alicyclic amines) is 1. The number of rotatable bonds is 7. The van der Waals surface area contributed by atoms with Crippen LogP contribution in [0.2, 0.25) is 0 Å². The second-order valence-corrected chi connectivity index (χ2v) is 9.12. The maximum Gasteiger partial charge on any atom is 0.246 e. The van der Waals surface area contributed by atoms with Crippen molar-refractivity contribution in [3.63, 3.8) is 0 Å². The lowest BCUT2D eigenvalue weighted by Gasteiger charge is -2.32. The summed E-state index contributed by atoms with van der Waals surface area (Å²) >= 11 is 0. The Morgan fingerprint density at radius 3 is 2.53 bits per heavy atom. The summed E-state index contributed by atoms with van der Waals surface area (Å²) in [4.78, 5) is 52.5. The second-order valence-electron chi connectivity index (χ2n) is 9.12. The molecule has 2 aliphatic rings. The number of nitrogens with one attached hydrogen (secondary N) is 3. The highest BCUT2D eigenvalue weighted by Gasteiger charge is 2.43. The molecule has 0 saturated carbocycles. The van der Waals surface area contributed by atoms with Crippen molar-refractivity contribution in [2.24, 2.45) is 5.92 Å². The Labute approximate surface area is 189 Å². The molecule has 0 bridgehead atoms. The first kappa shape index (κ1) is 23.9. The smallest absolute Gasteiger partial charge is 0.246 e. The zero-order valence-corrected chi connectivity index (χ0v) is 19.3. The van der Waals surface area contributed by atoms with Gasteiger partial charge in [0.1, 0.15) is 12.1 Å². The number of fused-ring (bicyclic) bond motifs is 1. The number of amides is 3. The molecule has 3 amide bonds. The molecule has 8 nitrogen and oxygen atoms in total. The van der Waals surface area contributed by atoms with Gasteiger partial charge in [0.05, 0.1) is 18.6 Å². The molecule has 4 atom stereocenters. The van der Waals surface area contributed by atoms with Crippen molar-refractivity contribution in [3.8, 4) is 0 Å². The normalized spacial score (nSPS) is 22.3. The monoisotopic (exact) mass is 442 g/mol. The van der Waals surface area contributed by atoms with Gasteiger partial charge < -0.3 is 20.9 Å². The highest BCUT2D eigenvalue weighted by molar-refractivity contribution is 6.01. The number of aryl methyl sites for hydroxylation is 1. The maximum absolute atomic E-state index is 13.3. The molecule has 32 heavy (non-hydrogen) atoms. The van der Waals surface area contributed by atoms with Crippen LogP contribution in [0.25, 0.3) is 0 Å². The van der Waals surface area contributed by atoms with Gasteiger partial charge in [-0.2, -0.15) is 0 Å². The van der Waals surface area contributed by atoms with Gasteiger partial charge in [-0.3, -0.25) is 19.2 Å². The number of nitrogens with zero attached hydrogens (tertiary/aromatic N) is 1. The molecule has 1 aromatic carbocycles. The van der Waals surface area contributed by atoms with E-state index in [2.05, 4.69) is 22.0 Å². The second kappa shape index (κ2) is 10.3. The van der Waals surface area contributed by atoms with Crippen molar-refractivity contribution in [2.75, 3.05) is 13.6 Å². The molecule has 3 N–H and O–H groups in total. The molecule has 1 aliphatic carbocycles. The summed E-state index contributed by atoms with van der Waals surface area (Å²) in [6.07, 6.45) is 2.77. The molecule has 1 saturated heterocycles. The quantitative estimate of drug-likeness (QED) is 0.586. The van der Waals surface area contributed by atoms with Crippen LogP contribution < -0.4 is 16.0 Å². The molecule has 0 aromatic heterocycles. The average Bonchev–Trinajstić information content (AvgIpc) is 3.18. The lowest BCUT2D eigenvalue weighted by molar-refractivity contribution is -0.143. The van der Waals surface area contributed by atoms with E-state index in [0.717, 1.165) is 24.8 Å². The zero-order chi connectivity index (χ0) is 23.4. The van der Waals surface area contributed by atoms with Gasteiger partial charge in [0.25, 0.3) is 0 Å². The summed E-state index contributed by atoms with van der Waals surface area (Å²) in [7, 11) is 1.67. The summed E-state index contributed by atoms with van der Waals surface area (Å²) in [6, 6.07) is 5.79. The van der Waals surface area contributed by atoms with Gasteiger partial charge in [-0.25, -0.2) is 0 Å². The van der Waals surface area contributed by atoms with Crippen molar-refractivity contribution in [3.05, 3.63) is 35.4 Å². The molecule has 8 heteroatoms. The van der Waals surface area contributed by atoms with E-state index in [-0.39, 0.29) is 42.5 Å². The Bertz CT molecular complexity index is 885. The molecule has 3 rings (SSSR count). The topological polar surface area (TPSA) is 108 Å². The summed E-state index contributed by atoms with van der Waals surface area (Å²) in [5, 5.41) is 8.70. The predicted molar refractivity (Wildman–Crippen MR) is 121 cm³/mol. The Kier molecular flexibility index (Phi) is 7.66. The lowest BCUT2D eigenvalue weighted by atomic mass is 9.87. The lowest BCUT2D eigenvalue weighted by Crippen LogP contribution is -2.57.